The van der Waals surface area contributed by atoms with Gasteiger partial charge in [0, 0.05) is 17.8 Å². The van der Waals surface area contributed by atoms with Crippen molar-refractivity contribution in [2.75, 3.05) is 25.1 Å². The standard InChI is InChI=1S/C18H19N3O5/c1-12(13-5-6-16-17(9-13)26-8-7-25-16)20-18(22)11-19-14-3-2-4-15(10-14)21(23)24/h2-6,9-10,12,19H,7-8,11H2,1H3,(H,20,22)/t12-/m1/s1. The molecule has 0 radical (unpaired) electrons. The first-order chi connectivity index (χ1) is 12.5. The maximum Gasteiger partial charge on any atom is 0.271 e. The van der Waals surface area contributed by atoms with Crippen molar-refractivity contribution in [1.29, 1.82) is 0 Å². The quantitative estimate of drug-likeness (QED) is 0.609. The molecule has 1 aliphatic heterocycles. The second-order valence-corrected chi connectivity index (χ2v) is 5.85. The van der Waals surface area contributed by atoms with Crippen molar-refractivity contribution >= 4 is 17.3 Å². The largest absolute Gasteiger partial charge is 0.486 e. The predicted molar refractivity (Wildman–Crippen MR) is 95.6 cm³/mol. The van der Waals surface area contributed by atoms with Crippen LogP contribution in [0.4, 0.5) is 11.4 Å². The molecule has 136 valence electrons. The van der Waals surface area contributed by atoms with Gasteiger partial charge in [-0.05, 0) is 30.7 Å². The van der Waals surface area contributed by atoms with Crippen molar-refractivity contribution in [3.05, 3.63) is 58.1 Å². The lowest BCUT2D eigenvalue weighted by Crippen LogP contribution is -2.32. The van der Waals surface area contributed by atoms with E-state index < -0.39 is 4.92 Å². The summed E-state index contributed by atoms with van der Waals surface area (Å²) in [5.74, 6) is 1.15. The highest BCUT2D eigenvalue weighted by molar-refractivity contribution is 5.81. The Kier molecular flexibility index (Phi) is 5.21. The van der Waals surface area contributed by atoms with Crippen molar-refractivity contribution in [1.82, 2.24) is 5.32 Å². The number of hydrogen-bond donors (Lipinski definition) is 2. The first-order valence-corrected chi connectivity index (χ1v) is 8.20. The highest BCUT2D eigenvalue weighted by Crippen LogP contribution is 2.32. The number of nitro groups is 1. The molecule has 1 heterocycles. The number of hydrogen-bond acceptors (Lipinski definition) is 6. The number of non-ortho nitro benzene ring substituents is 1. The summed E-state index contributed by atoms with van der Waals surface area (Å²) >= 11 is 0. The molecule has 2 aromatic carbocycles. The number of anilines is 1. The minimum absolute atomic E-state index is 0.00998. The summed E-state index contributed by atoms with van der Waals surface area (Å²) in [7, 11) is 0. The number of nitro benzene ring substituents is 1. The molecule has 1 atom stereocenters. The molecule has 8 nitrogen and oxygen atoms in total. The number of carbonyl (C=O) groups excluding carboxylic acids is 1. The molecule has 0 bridgehead atoms. The molecule has 8 heteroatoms. The SMILES string of the molecule is C[C@@H](NC(=O)CNc1cccc([N+](=O)[O-])c1)c1ccc2c(c1)OCCO2. The highest BCUT2D eigenvalue weighted by Gasteiger charge is 2.16. The lowest BCUT2D eigenvalue weighted by atomic mass is 10.1. The average Bonchev–Trinajstić information content (AvgIpc) is 2.66. The van der Waals surface area contributed by atoms with Gasteiger partial charge in [-0.15, -0.1) is 0 Å². The van der Waals surface area contributed by atoms with Gasteiger partial charge in [0.2, 0.25) is 5.91 Å². The number of carbonyl (C=O) groups is 1. The van der Waals surface area contributed by atoms with Gasteiger partial charge in [-0.25, -0.2) is 0 Å². The van der Waals surface area contributed by atoms with Crippen LogP contribution in [0.25, 0.3) is 0 Å². The Morgan fingerprint density at radius 1 is 1.19 bits per heavy atom. The van der Waals surface area contributed by atoms with Gasteiger partial charge in [0.1, 0.15) is 13.2 Å². The van der Waals surface area contributed by atoms with Gasteiger partial charge in [0.05, 0.1) is 17.5 Å². The van der Waals surface area contributed by atoms with Crippen LogP contribution in [0.2, 0.25) is 0 Å². The first kappa shape index (κ1) is 17.5. The van der Waals surface area contributed by atoms with E-state index in [1.165, 1.54) is 12.1 Å². The maximum atomic E-state index is 12.1. The zero-order valence-corrected chi connectivity index (χ0v) is 14.2. The molecular weight excluding hydrogens is 338 g/mol. The van der Waals surface area contributed by atoms with Gasteiger partial charge in [-0.1, -0.05) is 12.1 Å². The summed E-state index contributed by atoms with van der Waals surface area (Å²) in [5.41, 5.74) is 1.39. The summed E-state index contributed by atoms with van der Waals surface area (Å²) < 4.78 is 11.0. The van der Waals surface area contributed by atoms with Crippen LogP contribution in [0.5, 0.6) is 11.5 Å². The molecular formula is C18H19N3O5. The van der Waals surface area contributed by atoms with Crippen LogP contribution in [-0.4, -0.2) is 30.6 Å². The minimum atomic E-state index is -0.477. The van der Waals surface area contributed by atoms with Crippen LogP contribution in [0.3, 0.4) is 0 Å². The van der Waals surface area contributed by atoms with Crippen LogP contribution < -0.4 is 20.1 Å². The molecule has 2 aromatic rings. The Bertz CT molecular complexity index is 824. The van der Waals surface area contributed by atoms with E-state index in [4.69, 9.17) is 9.47 Å². The van der Waals surface area contributed by atoms with Crippen LogP contribution in [0.1, 0.15) is 18.5 Å². The van der Waals surface area contributed by atoms with Crippen molar-refractivity contribution in [2.45, 2.75) is 13.0 Å². The zero-order valence-electron chi connectivity index (χ0n) is 14.2. The Morgan fingerprint density at radius 3 is 2.73 bits per heavy atom. The van der Waals surface area contributed by atoms with E-state index in [0.717, 1.165) is 5.56 Å². The maximum absolute atomic E-state index is 12.1. The second kappa shape index (κ2) is 7.73. The third kappa shape index (κ3) is 4.21. The zero-order chi connectivity index (χ0) is 18.5. The molecule has 0 fully saturated rings. The minimum Gasteiger partial charge on any atom is -0.486 e. The molecule has 1 amide bonds. The van der Waals surface area contributed by atoms with E-state index in [1.54, 1.807) is 12.1 Å². The Labute approximate surface area is 150 Å². The number of nitrogens with one attached hydrogen (secondary N) is 2. The summed E-state index contributed by atoms with van der Waals surface area (Å²) in [6, 6.07) is 11.4. The molecule has 3 rings (SSSR count). The van der Waals surface area contributed by atoms with E-state index in [-0.39, 0.29) is 24.2 Å². The van der Waals surface area contributed by atoms with Crippen LogP contribution in [0, 0.1) is 10.1 Å². The van der Waals surface area contributed by atoms with E-state index >= 15 is 0 Å². The molecule has 0 unspecified atom stereocenters. The molecule has 26 heavy (non-hydrogen) atoms. The average molecular weight is 357 g/mol. The van der Waals surface area contributed by atoms with Crippen molar-refractivity contribution in [3.63, 3.8) is 0 Å². The monoisotopic (exact) mass is 357 g/mol. The smallest absolute Gasteiger partial charge is 0.271 e. The fourth-order valence-corrected chi connectivity index (χ4v) is 2.62. The lowest BCUT2D eigenvalue weighted by molar-refractivity contribution is -0.384. The van der Waals surface area contributed by atoms with Crippen LogP contribution in [0.15, 0.2) is 42.5 Å². The third-order valence-electron chi connectivity index (χ3n) is 3.95. The number of fused-ring (bicyclic) bond motifs is 1. The van der Waals surface area contributed by atoms with Crippen molar-refractivity contribution in [2.24, 2.45) is 0 Å². The summed E-state index contributed by atoms with van der Waals surface area (Å²) in [4.78, 5) is 22.4. The van der Waals surface area contributed by atoms with Crippen LogP contribution >= 0.6 is 0 Å². The van der Waals surface area contributed by atoms with Gasteiger partial charge in [-0.3, -0.25) is 14.9 Å². The molecule has 0 aromatic heterocycles. The Balaban J connectivity index is 1.56. The van der Waals surface area contributed by atoms with E-state index in [9.17, 15) is 14.9 Å². The molecule has 0 saturated heterocycles. The lowest BCUT2D eigenvalue weighted by Gasteiger charge is -2.21. The number of benzene rings is 2. The van der Waals surface area contributed by atoms with Gasteiger partial charge < -0.3 is 20.1 Å². The molecule has 1 aliphatic rings. The Morgan fingerprint density at radius 2 is 1.96 bits per heavy atom. The molecule has 0 spiro atoms. The van der Waals surface area contributed by atoms with Gasteiger partial charge >= 0.3 is 0 Å². The van der Waals surface area contributed by atoms with Crippen molar-refractivity contribution in [3.8, 4) is 11.5 Å². The Hall–Kier alpha value is -3.29. The van der Waals surface area contributed by atoms with E-state index in [2.05, 4.69) is 10.6 Å². The fourth-order valence-electron chi connectivity index (χ4n) is 2.62. The summed E-state index contributed by atoms with van der Waals surface area (Å²) in [5, 5.41) is 16.5. The number of nitrogens with zero attached hydrogens (tertiary/aromatic N) is 1. The predicted octanol–water partition coefficient (Wildman–Crippen LogP) is 2.66. The summed E-state index contributed by atoms with van der Waals surface area (Å²) in [6.45, 7) is 2.92. The normalized spacial score (nSPS) is 13.6. The van der Waals surface area contributed by atoms with Crippen molar-refractivity contribution < 1.29 is 19.2 Å². The highest BCUT2D eigenvalue weighted by atomic mass is 16.6. The fraction of sp³-hybridized carbons (Fsp3) is 0.278. The van der Waals surface area contributed by atoms with Crippen LogP contribution in [-0.2, 0) is 4.79 Å². The second-order valence-electron chi connectivity index (χ2n) is 5.85. The topological polar surface area (TPSA) is 103 Å². The van der Waals surface area contributed by atoms with Gasteiger partial charge in [0.25, 0.3) is 5.69 Å². The number of amides is 1. The van der Waals surface area contributed by atoms with E-state index in [0.29, 0.717) is 30.4 Å². The first-order valence-electron chi connectivity index (χ1n) is 8.20. The molecule has 0 saturated carbocycles. The van der Waals surface area contributed by atoms with E-state index in [1.807, 2.05) is 25.1 Å². The number of rotatable bonds is 6. The summed E-state index contributed by atoms with van der Waals surface area (Å²) in [6.07, 6.45) is 0. The number of ether oxygens (including phenoxy) is 2. The third-order valence-corrected chi connectivity index (χ3v) is 3.95. The van der Waals surface area contributed by atoms with Gasteiger partial charge in [0.15, 0.2) is 11.5 Å². The molecule has 0 aliphatic carbocycles. The molecule has 2 N–H and O–H groups in total. The van der Waals surface area contributed by atoms with Gasteiger partial charge in [-0.2, -0.15) is 0 Å².